The Kier molecular flexibility index (Phi) is 6.63. The summed E-state index contributed by atoms with van der Waals surface area (Å²) in [4.78, 5) is 11.8. The highest BCUT2D eigenvalue weighted by Gasteiger charge is 2.06. The van der Waals surface area contributed by atoms with Gasteiger partial charge in [0.25, 0.3) is 0 Å². The fourth-order valence-electron chi connectivity index (χ4n) is 1.35. The third-order valence-corrected chi connectivity index (χ3v) is 2.07. The van der Waals surface area contributed by atoms with E-state index >= 15 is 0 Å². The van der Waals surface area contributed by atoms with Crippen molar-refractivity contribution in [2.75, 3.05) is 0 Å². The maximum atomic E-state index is 11.8. The van der Waals surface area contributed by atoms with Crippen LogP contribution in [0.2, 0.25) is 0 Å². The molecule has 0 saturated carbocycles. The topological polar surface area (TPSA) is 17.1 Å². The molecule has 2 aromatic rings. The number of carbonyl (C=O) groups is 1. The first kappa shape index (κ1) is 14.0. The van der Waals surface area contributed by atoms with E-state index in [9.17, 15) is 4.79 Å². The van der Waals surface area contributed by atoms with Crippen LogP contribution in [0, 0.1) is 0 Å². The van der Waals surface area contributed by atoms with E-state index in [1.54, 1.807) is 0 Å². The molecule has 0 radical (unpaired) electrons. The molecule has 0 bridgehead atoms. The summed E-state index contributed by atoms with van der Waals surface area (Å²) in [7, 11) is -0.639. The van der Waals surface area contributed by atoms with Crippen molar-refractivity contribution in [2.45, 2.75) is 0 Å². The average Bonchev–Trinajstić information content (AvgIpc) is 2.41. The quantitative estimate of drug-likeness (QED) is 0.469. The van der Waals surface area contributed by atoms with Gasteiger partial charge in [-0.25, -0.2) is 0 Å². The van der Waals surface area contributed by atoms with Crippen molar-refractivity contribution in [1.82, 2.24) is 0 Å². The van der Waals surface area contributed by atoms with Gasteiger partial charge in [0.15, 0.2) is 5.78 Å². The fraction of sp³-hybridized carbons (Fsp3) is 0. The zero-order valence-electron chi connectivity index (χ0n) is 9.14. The molecule has 4 heteroatoms. The van der Waals surface area contributed by atoms with Crippen molar-refractivity contribution in [3.63, 3.8) is 0 Å². The Morgan fingerprint density at radius 1 is 0.765 bits per heavy atom. The third kappa shape index (κ3) is 4.73. The lowest BCUT2D eigenvalue weighted by Gasteiger charge is -1.99. The van der Waals surface area contributed by atoms with Crippen molar-refractivity contribution in [3.8, 4) is 0 Å². The minimum Gasteiger partial charge on any atom is -0.289 e. The Morgan fingerprint density at radius 3 is 1.35 bits per heavy atom. The summed E-state index contributed by atoms with van der Waals surface area (Å²) in [6.07, 6.45) is 0. The molecule has 0 atom stereocenters. The summed E-state index contributed by atoms with van der Waals surface area (Å²) in [5, 5.41) is 0. The van der Waals surface area contributed by atoms with Crippen LogP contribution in [-0.2, 0) is 0 Å². The smallest absolute Gasteiger partial charge is 0.222 e. The van der Waals surface area contributed by atoms with Crippen LogP contribution in [0.15, 0.2) is 60.7 Å². The zero-order valence-corrected chi connectivity index (χ0v) is 12.1. The van der Waals surface area contributed by atoms with Crippen molar-refractivity contribution >= 4 is 36.1 Å². The molecule has 0 unspecified atom stereocenters. The molecule has 0 aliphatic heterocycles. The number of rotatable bonds is 2. The molecular weight excluding hydrogens is 271 g/mol. The van der Waals surface area contributed by atoms with Gasteiger partial charge in [-0.05, 0) is 0 Å². The molecule has 0 spiro atoms. The second-order valence-electron chi connectivity index (χ2n) is 3.16. The van der Waals surface area contributed by atoms with Crippen LogP contribution in [0.5, 0.6) is 0 Å². The lowest BCUT2D eigenvalue weighted by Crippen LogP contribution is -1.99. The van der Waals surface area contributed by atoms with E-state index in [2.05, 4.69) is 0 Å². The number of carbonyl (C=O) groups excluding carboxylic acids is 1. The minimum absolute atomic E-state index is 0.0752. The highest BCUT2D eigenvalue weighted by molar-refractivity contribution is 7.22. The van der Waals surface area contributed by atoms with Crippen LogP contribution in [0.3, 0.4) is 0 Å². The monoisotopic (exact) mass is 282 g/mol. The lowest BCUT2D eigenvalue weighted by molar-refractivity contribution is 0.103. The Hall–Kier alpha value is -1.09. The van der Waals surface area contributed by atoms with Gasteiger partial charge < -0.3 is 0 Å². The summed E-state index contributed by atoms with van der Waals surface area (Å²) in [6.45, 7) is 0. The maximum absolute atomic E-state index is 11.8. The van der Waals surface area contributed by atoms with Crippen molar-refractivity contribution in [3.05, 3.63) is 71.8 Å². The van der Waals surface area contributed by atoms with Crippen LogP contribution >= 0.6 is 22.2 Å². The SMILES string of the molecule is Cl[SiH2]Cl.O=C(c1ccccc1)c1ccccc1. The van der Waals surface area contributed by atoms with Crippen LogP contribution in [0.1, 0.15) is 15.9 Å². The largest absolute Gasteiger partial charge is 0.289 e. The van der Waals surface area contributed by atoms with E-state index in [0.29, 0.717) is 0 Å². The molecule has 17 heavy (non-hydrogen) atoms. The van der Waals surface area contributed by atoms with E-state index in [0.717, 1.165) is 11.1 Å². The Labute approximate surface area is 113 Å². The third-order valence-electron chi connectivity index (χ3n) is 2.07. The van der Waals surface area contributed by atoms with Gasteiger partial charge in [0.05, 0.1) is 0 Å². The van der Waals surface area contributed by atoms with Gasteiger partial charge in [-0.15, -0.1) is 0 Å². The molecule has 0 aliphatic rings. The Morgan fingerprint density at radius 2 is 1.06 bits per heavy atom. The molecule has 0 aromatic heterocycles. The summed E-state index contributed by atoms with van der Waals surface area (Å²) in [6, 6.07) is 18.6. The van der Waals surface area contributed by atoms with Crippen LogP contribution < -0.4 is 0 Å². The Balaban J connectivity index is 0.000000437. The molecule has 0 aliphatic carbocycles. The van der Waals surface area contributed by atoms with Gasteiger partial charge in [0.1, 0.15) is 0 Å². The van der Waals surface area contributed by atoms with Gasteiger partial charge >= 0.3 is 0 Å². The number of halogens is 2. The summed E-state index contributed by atoms with van der Waals surface area (Å²) in [5.41, 5.74) is 1.47. The van der Waals surface area contributed by atoms with Crippen LogP contribution in [0.25, 0.3) is 0 Å². The predicted molar refractivity (Wildman–Crippen MR) is 76.6 cm³/mol. The maximum Gasteiger partial charge on any atom is 0.222 e. The molecule has 1 nitrogen and oxygen atoms in total. The second-order valence-corrected chi connectivity index (χ2v) is 5.79. The first-order valence-corrected chi connectivity index (χ1v) is 9.34. The highest BCUT2D eigenvalue weighted by atomic mass is 35.7. The summed E-state index contributed by atoms with van der Waals surface area (Å²) < 4.78 is 0. The zero-order chi connectivity index (χ0) is 12.5. The minimum atomic E-state index is -0.639. The second kappa shape index (κ2) is 8.07. The van der Waals surface area contributed by atoms with Crippen molar-refractivity contribution in [2.24, 2.45) is 0 Å². The molecule has 0 fully saturated rings. The van der Waals surface area contributed by atoms with E-state index in [4.69, 9.17) is 22.2 Å². The molecule has 0 saturated heterocycles. The molecule has 2 rings (SSSR count). The number of hydrogen-bond acceptors (Lipinski definition) is 1. The standard InChI is InChI=1S/C13H10O.Cl2H2Si/c14-13(11-7-3-1-4-8-11)12-9-5-2-6-10-12;1-3-2/h1-10H;3H2. The molecule has 88 valence electrons. The average molecular weight is 283 g/mol. The van der Waals surface area contributed by atoms with Crippen molar-refractivity contribution < 1.29 is 4.79 Å². The first-order valence-electron chi connectivity index (χ1n) is 5.06. The molecule has 2 aromatic carbocycles. The molecule has 0 heterocycles. The van der Waals surface area contributed by atoms with E-state index in [-0.39, 0.29) is 5.78 Å². The number of benzene rings is 2. The first-order chi connectivity index (χ1) is 8.29. The van der Waals surface area contributed by atoms with Crippen molar-refractivity contribution in [1.29, 1.82) is 0 Å². The van der Waals surface area contributed by atoms with Gasteiger partial charge in [0.2, 0.25) is 8.14 Å². The van der Waals surface area contributed by atoms with E-state index in [1.807, 2.05) is 60.7 Å². The van der Waals surface area contributed by atoms with Crippen LogP contribution in [-0.4, -0.2) is 13.9 Å². The fourth-order valence-corrected chi connectivity index (χ4v) is 1.35. The predicted octanol–water partition coefficient (Wildman–Crippen LogP) is 3.38. The van der Waals surface area contributed by atoms with Gasteiger partial charge in [-0.3, -0.25) is 4.79 Å². The number of hydrogen-bond donors (Lipinski definition) is 0. The molecular formula is C13H12Cl2OSi. The number of ketones is 1. The highest BCUT2D eigenvalue weighted by Crippen LogP contribution is 2.08. The van der Waals surface area contributed by atoms with E-state index < -0.39 is 8.14 Å². The van der Waals surface area contributed by atoms with Gasteiger partial charge in [0, 0.05) is 11.1 Å². The lowest BCUT2D eigenvalue weighted by atomic mass is 10.0. The van der Waals surface area contributed by atoms with Crippen LogP contribution in [0.4, 0.5) is 0 Å². The van der Waals surface area contributed by atoms with Gasteiger partial charge in [-0.1, -0.05) is 60.7 Å². The van der Waals surface area contributed by atoms with Gasteiger partial charge in [-0.2, -0.15) is 22.2 Å². The van der Waals surface area contributed by atoms with E-state index in [1.165, 1.54) is 0 Å². The normalized spacial score (nSPS) is 9.06. The molecule has 0 amide bonds. The Bertz CT molecular complexity index is 404. The summed E-state index contributed by atoms with van der Waals surface area (Å²) >= 11 is 9.81. The summed E-state index contributed by atoms with van der Waals surface area (Å²) in [5.74, 6) is 0.0752. The molecule has 0 N–H and O–H groups in total.